The van der Waals surface area contributed by atoms with Crippen LogP contribution >= 0.6 is 11.6 Å². The van der Waals surface area contributed by atoms with E-state index in [1.807, 2.05) is 0 Å². The zero-order chi connectivity index (χ0) is 19.1. The number of halogens is 1. The van der Waals surface area contributed by atoms with E-state index in [9.17, 15) is 9.59 Å². The largest absolute Gasteiger partial charge is 0.493 e. The van der Waals surface area contributed by atoms with Crippen molar-refractivity contribution in [2.75, 3.05) is 14.2 Å². The second-order valence-corrected chi connectivity index (χ2v) is 5.49. The molecule has 0 aliphatic heterocycles. The third kappa shape index (κ3) is 4.97. The Kier molecular flexibility index (Phi) is 6.57. The highest BCUT2D eigenvalue weighted by Gasteiger charge is 2.15. The summed E-state index contributed by atoms with van der Waals surface area (Å²) in [5.41, 5.74) is 3.41. The molecule has 0 bridgehead atoms. The molecule has 0 saturated carbocycles. The van der Waals surface area contributed by atoms with Gasteiger partial charge in [0.05, 0.1) is 20.4 Å². The van der Waals surface area contributed by atoms with Gasteiger partial charge < -0.3 is 14.2 Å². The van der Waals surface area contributed by atoms with Gasteiger partial charge in [-0.25, -0.2) is 5.43 Å². The zero-order valence-electron chi connectivity index (χ0n) is 14.4. The Morgan fingerprint density at radius 1 is 1.08 bits per heavy atom. The number of benzene rings is 2. The number of amides is 1. The first-order chi connectivity index (χ1) is 12.4. The van der Waals surface area contributed by atoms with Gasteiger partial charge in [-0.1, -0.05) is 11.6 Å². The van der Waals surface area contributed by atoms with Crippen LogP contribution in [0.4, 0.5) is 0 Å². The molecule has 1 N–H and O–H groups in total. The van der Waals surface area contributed by atoms with Crippen LogP contribution in [0.25, 0.3) is 0 Å². The summed E-state index contributed by atoms with van der Waals surface area (Å²) in [7, 11) is 2.87. The molecule has 2 aromatic carbocycles. The van der Waals surface area contributed by atoms with E-state index in [-0.39, 0.29) is 11.7 Å². The molecule has 0 fully saturated rings. The molecule has 0 unspecified atom stereocenters. The molecule has 7 nitrogen and oxygen atoms in total. The van der Waals surface area contributed by atoms with E-state index in [1.54, 1.807) is 36.4 Å². The summed E-state index contributed by atoms with van der Waals surface area (Å²) in [5, 5.41) is 4.44. The standard InChI is InChI=1S/C18H17ClN2O5/c1-11(22)26-17-15(24-2)8-12(9-16(17)25-3)10-20-21-18(23)13-4-6-14(19)7-5-13/h4-10H,1-3H3,(H,21,23)/b20-10+. The van der Waals surface area contributed by atoms with Crippen molar-refractivity contribution in [1.82, 2.24) is 5.43 Å². The van der Waals surface area contributed by atoms with Gasteiger partial charge in [0, 0.05) is 23.1 Å². The van der Waals surface area contributed by atoms with E-state index in [4.69, 9.17) is 25.8 Å². The van der Waals surface area contributed by atoms with Gasteiger partial charge in [0.2, 0.25) is 5.75 Å². The molecular weight excluding hydrogens is 360 g/mol. The molecule has 26 heavy (non-hydrogen) atoms. The minimum atomic E-state index is -0.502. The second-order valence-electron chi connectivity index (χ2n) is 5.05. The minimum Gasteiger partial charge on any atom is -0.493 e. The van der Waals surface area contributed by atoms with Gasteiger partial charge in [0.15, 0.2) is 11.5 Å². The van der Waals surface area contributed by atoms with Gasteiger partial charge in [-0.15, -0.1) is 0 Å². The van der Waals surface area contributed by atoms with Gasteiger partial charge in [-0.05, 0) is 36.4 Å². The highest BCUT2D eigenvalue weighted by Crippen LogP contribution is 2.38. The number of hydrogen-bond acceptors (Lipinski definition) is 6. The van der Waals surface area contributed by atoms with Crippen molar-refractivity contribution >= 4 is 29.7 Å². The Morgan fingerprint density at radius 3 is 2.15 bits per heavy atom. The van der Waals surface area contributed by atoms with E-state index in [2.05, 4.69) is 10.5 Å². The fraction of sp³-hybridized carbons (Fsp3) is 0.167. The third-order valence-electron chi connectivity index (χ3n) is 3.21. The first-order valence-corrected chi connectivity index (χ1v) is 7.85. The summed E-state index contributed by atoms with van der Waals surface area (Å²) >= 11 is 5.79. The topological polar surface area (TPSA) is 86.2 Å². The number of ether oxygens (including phenoxy) is 3. The number of nitrogens with zero attached hydrogens (tertiary/aromatic N) is 1. The molecule has 8 heteroatoms. The molecule has 136 valence electrons. The summed E-state index contributed by atoms with van der Waals surface area (Å²) < 4.78 is 15.5. The average molecular weight is 377 g/mol. The highest BCUT2D eigenvalue weighted by atomic mass is 35.5. The third-order valence-corrected chi connectivity index (χ3v) is 3.47. The van der Waals surface area contributed by atoms with E-state index in [0.29, 0.717) is 27.6 Å². The Labute approximate surface area is 155 Å². The predicted octanol–water partition coefficient (Wildman–Crippen LogP) is 3.05. The van der Waals surface area contributed by atoms with Crippen molar-refractivity contribution in [3.05, 3.63) is 52.5 Å². The zero-order valence-corrected chi connectivity index (χ0v) is 15.2. The highest BCUT2D eigenvalue weighted by molar-refractivity contribution is 6.30. The molecule has 1 amide bonds. The summed E-state index contributed by atoms with van der Waals surface area (Å²) in [4.78, 5) is 23.2. The maximum atomic E-state index is 12.0. The van der Waals surface area contributed by atoms with Crippen molar-refractivity contribution < 1.29 is 23.8 Å². The van der Waals surface area contributed by atoms with Crippen molar-refractivity contribution in [2.45, 2.75) is 6.92 Å². The van der Waals surface area contributed by atoms with E-state index in [0.717, 1.165) is 0 Å². The van der Waals surface area contributed by atoms with Gasteiger partial charge in [-0.3, -0.25) is 9.59 Å². The summed E-state index contributed by atoms with van der Waals surface area (Å²) in [6, 6.07) is 9.60. The molecule has 0 aliphatic carbocycles. The Morgan fingerprint density at radius 2 is 1.65 bits per heavy atom. The van der Waals surface area contributed by atoms with Crippen molar-refractivity contribution in [3.8, 4) is 17.2 Å². The molecule has 0 radical (unpaired) electrons. The molecule has 0 heterocycles. The van der Waals surface area contributed by atoms with Crippen LogP contribution in [0.3, 0.4) is 0 Å². The maximum absolute atomic E-state index is 12.0. The number of esters is 1. The van der Waals surface area contributed by atoms with Crippen LogP contribution in [0.5, 0.6) is 17.2 Å². The van der Waals surface area contributed by atoms with Crippen LogP contribution in [-0.4, -0.2) is 32.3 Å². The lowest BCUT2D eigenvalue weighted by Crippen LogP contribution is -2.17. The van der Waals surface area contributed by atoms with Gasteiger partial charge in [-0.2, -0.15) is 5.10 Å². The van der Waals surface area contributed by atoms with Gasteiger partial charge in [0.1, 0.15) is 0 Å². The number of methoxy groups -OCH3 is 2. The number of nitrogens with one attached hydrogen (secondary N) is 1. The van der Waals surface area contributed by atoms with Crippen LogP contribution < -0.4 is 19.6 Å². The predicted molar refractivity (Wildman–Crippen MR) is 97.4 cm³/mol. The molecule has 0 atom stereocenters. The lowest BCUT2D eigenvalue weighted by molar-refractivity contribution is -0.132. The Balaban J connectivity index is 2.17. The lowest BCUT2D eigenvalue weighted by Gasteiger charge is -2.13. The molecule has 2 aromatic rings. The van der Waals surface area contributed by atoms with Crippen LogP contribution in [0.2, 0.25) is 5.02 Å². The van der Waals surface area contributed by atoms with Crippen molar-refractivity contribution in [3.63, 3.8) is 0 Å². The number of hydrogen-bond donors (Lipinski definition) is 1. The van der Waals surface area contributed by atoms with Gasteiger partial charge >= 0.3 is 5.97 Å². The minimum absolute atomic E-state index is 0.171. The smallest absolute Gasteiger partial charge is 0.308 e. The summed E-state index contributed by atoms with van der Waals surface area (Å²) in [6.07, 6.45) is 1.41. The van der Waals surface area contributed by atoms with E-state index < -0.39 is 5.97 Å². The Hall–Kier alpha value is -3.06. The van der Waals surface area contributed by atoms with Crippen LogP contribution in [0.15, 0.2) is 41.5 Å². The van der Waals surface area contributed by atoms with Crippen LogP contribution in [0.1, 0.15) is 22.8 Å². The van der Waals surface area contributed by atoms with Crippen molar-refractivity contribution in [1.29, 1.82) is 0 Å². The van der Waals surface area contributed by atoms with E-state index in [1.165, 1.54) is 27.4 Å². The summed E-state index contributed by atoms with van der Waals surface area (Å²) in [6.45, 7) is 1.28. The number of carbonyl (C=O) groups is 2. The second kappa shape index (κ2) is 8.87. The normalized spacial score (nSPS) is 10.5. The Bertz CT molecular complexity index is 809. The maximum Gasteiger partial charge on any atom is 0.308 e. The first kappa shape index (κ1) is 19.3. The molecule has 0 saturated heterocycles. The number of hydrazone groups is 1. The average Bonchev–Trinajstić information content (AvgIpc) is 2.62. The molecular formula is C18H17ClN2O5. The molecule has 0 aromatic heterocycles. The lowest BCUT2D eigenvalue weighted by atomic mass is 10.2. The molecule has 2 rings (SSSR count). The van der Waals surface area contributed by atoms with Crippen LogP contribution in [-0.2, 0) is 4.79 Å². The van der Waals surface area contributed by atoms with Crippen molar-refractivity contribution in [2.24, 2.45) is 5.10 Å². The van der Waals surface area contributed by atoms with E-state index >= 15 is 0 Å². The fourth-order valence-corrected chi connectivity index (χ4v) is 2.18. The number of carbonyl (C=O) groups excluding carboxylic acids is 2. The molecule has 0 aliphatic rings. The first-order valence-electron chi connectivity index (χ1n) is 7.48. The molecule has 0 spiro atoms. The number of rotatable bonds is 6. The summed E-state index contributed by atoms with van der Waals surface area (Å²) in [5.74, 6) is -0.119. The van der Waals surface area contributed by atoms with Crippen LogP contribution in [0, 0.1) is 0 Å². The SMILES string of the molecule is COc1cc(/C=N/NC(=O)c2ccc(Cl)cc2)cc(OC)c1OC(C)=O. The fourth-order valence-electron chi connectivity index (χ4n) is 2.05. The van der Waals surface area contributed by atoms with Gasteiger partial charge in [0.25, 0.3) is 5.91 Å². The quantitative estimate of drug-likeness (QED) is 0.362. The monoisotopic (exact) mass is 376 g/mol.